The fraction of sp³-hybridized carbons (Fsp3) is 0.913. The summed E-state index contributed by atoms with van der Waals surface area (Å²) in [6, 6.07) is 0.452. The van der Waals surface area contributed by atoms with Crippen molar-refractivity contribution in [3.8, 4) is 0 Å². The van der Waals surface area contributed by atoms with Gasteiger partial charge in [-0.15, -0.1) is 0 Å². The quantitative estimate of drug-likeness (QED) is 0.702. The maximum Gasteiger partial charge on any atom is 0.0751 e. The fourth-order valence-corrected chi connectivity index (χ4v) is 8.25. The van der Waals surface area contributed by atoms with E-state index < -0.39 is 0 Å². The van der Waals surface area contributed by atoms with Crippen LogP contribution in [-0.4, -0.2) is 35.2 Å². The minimum atomic E-state index is -0.0895. The van der Waals surface area contributed by atoms with E-state index in [1.165, 1.54) is 70.9 Å². The van der Waals surface area contributed by atoms with Crippen LogP contribution in [0.1, 0.15) is 71.6 Å². The topological polar surface area (TPSA) is 23.5 Å². The minimum absolute atomic E-state index is 0.0895. The van der Waals surface area contributed by atoms with Gasteiger partial charge in [-0.2, -0.15) is 0 Å². The maximum atomic E-state index is 11.3. The highest BCUT2D eigenvalue weighted by atomic mass is 16.3. The standard InChI is InChI=1S/C23H37NO/c1-22-11-4-3-7-16(22)8-9-17-18(22)10-12-23(2)19(17)15-20(21(23)25)24-13-5-6-14-24/h3-4,16-21,25H,5-15H2,1-2H3/t16-,17-,18+,19+,20+,21-,22+,23+/m1/s1. The van der Waals surface area contributed by atoms with Crippen molar-refractivity contribution in [1.29, 1.82) is 0 Å². The lowest BCUT2D eigenvalue weighted by Crippen LogP contribution is -2.53. The van der Waals surface area contributed by atoms with Gasteiger partial charge in [-0.25, -0.2) is 0 Å². The van der Waals surface area contributed by atoms with Crippen LogP contribution in [-0.2, 0) is 0 Å². The van der Waals surface area contributed by atoms with Crippen molar-refractivity contribution in [3.63, 3.8) is 0 Å². The average molecular weight is 344 g/mol. The molecular weight excluding hydrogens is 306 g/mol. The first-order valence-electron chi connectivity index (χ1n) is 11.1. The second-order valence-electron chi connectivity index (χ2n) is 10.6. The van der Waals surface area contributed by atoms with E-state index in [0.717, 1.165) is 23.7 Å². The smallest absolute Gasteiger partial charge is 0.0751 e. The number of hydrogen-bond acceptors (Lipinski definition) is 2. The summed E-state index contributed by atoms with van der Waals surface area (Å²) in [5.74, 6) is 3.45. The first kappa shape index (κ1) is 16.8. The molecule has 8 atom stereocenters. The van der Waals surface area contributed by atoms with Crippen LogP contribution in [0.2, 0.25) is 0 Å². The summed E-state index contributed by atoms with van der Waals surface area (Å²) >= 11 is 0. The van der Waals surface area contributed by atoms with E-state index >= 15 is 0 Å². The zero-order valence-corrected chi connectivity index (χ0v) is 16.3. The molecule has 2 nitrogen and oxygen atoms in total. The molecule has 3 saturated carbocycles. The predicted octanol–water partition coefficient (Wildman–Crippen LogP) is 4.63. The highest BCUT2D eigenvalue weighted by Gasteiger charge is 2.62. The van der Waals surface area contributed by atoms with E-state index in [-0.39, 0.29) is 11.5 Å². The summed E-state index contributed by atoms with van der Waals surface area (Å²) in [6.45, 7) is 7.51. The van der Waals surface area contributed by atoms with Gasteiger partial charge in [-0.05, 0) is 105 Å². The molecular formula is C23H37NO. The number of hydrogen-bond donors (Lipinski definition) is 1. The second-order valence-corrected chi connectivity index (χ2v) is 10.6. The molecule has 2 heteroatoms. The lowest BCUT2D eigenvalue weighted by molar-refractivity contribution is -0.111. The molecule has 1 heterocycles. The van der Waals surface area contributed by atoms with Gasteiger partial charge in [0.25, 0.3) is 0 Å². The molecule has 0 aromatic carbocycles. The summed E-state index contributed by atoms with van der Waals surface area (Å²) in [6.07, 6.45) is 16.9. The monoisotopic (exact) mass is 343 g/mol. The van der Waals surface area contributed by atoms with Crippen LogP contribution in [0.15, 0.2) is 12.2 Å². The molecule has 5 rings (SSSR count). The molecule has 1 N–H and O–H groups in total. The van der Waals surface area contributed by atoms with Crippen molar-refractivity contribution in [1.82, 2.24) is 4.90 Å². The summed E-state index contributed by atoms with van der Waals surface area (Å²) in [4.78, 5) is 2.64. The van der Waals surface area contributed by atoms with E-state index in [1.54, 1.807) is 0 Å². The largest absolute Gasteiger partial charge is 0.391 e. The van der Waals surface area contributed by atoms with Gasteiger partial charge in [0.1, 0.15) is 0 Å². The average Bonchev–Trinajstić information content (AvgIpc) is 3.21. The Bertz CT molecular complexity index is 552. The minimum Gasteiger partial charge on any atom is -0.391 e. The van der Waals surface area contributed by atoms with Gasteiger partial charge < -0.3 is 5.11 Å². The number of fused-ring (bicyclic) bond motifs is 5. The van der Waals surface area contributed by atoms with Gasteiger partial charge in [-0.1, -0.05) is 26.0 Å². The zero-order valence-electron chi connectivity index (χ0n) is 16.3. The lowest BCUT2D eigenvalue weighted by Gasteiger charge is -2.59. The lowest BCUT2D eigenvalue weighted by atomic mass is 9.46. The normalized spacial score (nSPS) is 55.6. The predicted molar refractivity (Wildman–Crippen MR) is 102 cm³/mol. The Morgan fingerprint density at radius 3 is 2.56 bits per heavy atom. The molecule has 25 heavy (non-hydrogen) atoms. The fourth-order valence-electron chi connectivity index (χ4n) is 8.25. The van der Waals surface area contributed by atoms with E-state index in [1.807, 2.05) is 0 Å². The van der Waals surface area contributed by atoms with Gasteiger partial charge in [0, 0.05) is 6.04 Å². The van der Waals surface area contributed by atoms with Gasteiger partial charge in [0.2, 0.25) is 0 Å². The van der Waals surface area contributed by atoms with Crippen molar-refractivity contribution in [2.45, 2.75) is 83.8 Å². The molecule has 0 aromatic heterocycles. The van der Waals surface area contributed by atoms with Gasteiger partial charge in [0.15, 0.2) is 0 Å². The van der Waals surface area contributed by atoms with Crippen LogP contribution in [0, 0.1) is 34.5 Å². The maximum absolute atomic E-state index is 11.3. The van der Waals surface area contributed by atoms with E-state index in [0.29, 0.717) is 11.5 Å². The molecule has 0 spiro atoms. The number of nitrogens with zero attached hydrogens (tertiary/aromatic N) is 1. The Hall–Kier alpha value is -0.340. The number of likely N-dealkylation sites (tertiary alicyclic amines) is 1. The molecule has 5 aliphatic rings. The number of rotatable bonds is 1. The van der Waals surface area contributed by atoms with Gasteiger partial charge in [0.05, 0.1) is 6.10 Å². The zero-order chi connectivity index (χ0) is 17.2. The SMILES string of the molecule is C[C@]12CC=CC[C@@H]1CC[C@@H]1[C@@H]2CC[C@]2(C)[C@H](O)[C@@H](N3CCCC3)C[C@@H]12. The summed E-state index contributed by atoms with van der Waals surface area (Å²) in [5, 5.41) is 11.3. The van der Waals surface area contributed by atoms with Crippen LogP contribution >= 0.6 is 0 Å². The Kier molecular flexibility index (Phi) is 3.92. The molecule has 140 valence electrons. The van der Waals surface area contributed by atoms with Crippen molar-refractivity contribution in [2.24, 2.45) is 34.5 Å². The molecule has 1 aliphatic heterocycles. The molecule has 0 radical (unpaired) electrons. The third kappa shape index (κ3) is 2.29. The van der Waals surface area contributed by atoms with Crippen LogP contribution in [0.5, 0.6) is 0 Å². The van der Waals surface area contributed by atoms with Crippen LogP contribution < -0.4 is 0 Å². The Morgan fingerprint density at radius 1 is 0.960 bits per heavy atom. The Morgan fingerprint density at radius 2 is 1.76 bits per heavy atom. The first-order valence-corrected chi connectivity index (χ1v) is 11.1. The third-order valence-electron chi connectivity index (χ3n) is 9.79. The Labute approximate surface area is 154 Å². The van der Waals surface area contributed by atoms with Crippen molar-refractivity contribution < 1.29 is 5.11 Å². The summed E-state index contributed by atoms with van der Waals surface area (Å²) < 4.78 is 0. The molecule has 4 fully saturated rings. The third-order valence-corrected chi connectivity index (χ3v) is 9.79. The molecule has 0 unspecified atom stereocenters. The van der Waals surface area contributed by atoms with Crippen LogP contribution in [0.25, 0.3) is 0 Å². The van der Waals surface area contributed by atoms with Crippen LogP contribution in [0.4, 0.5) is 0 Å². The number of aliphatic hydroxyl groups is 1. The molecule has 0 aromatic rings. The highest BCUT2D eigenvalue weighted by Crippen LogP contribution is 2.66. The molecule has 0 bridgehead atoms. The summed E-state index contributed by atoms with van der Waals surface area (Å²) in [5.41, 5.74) is 0.720. The van der Waals surface area contributed by atoms with Crippen molar-refractivity contribution >= 4 is 0 Å². The first-order chi connectivity index (χ1) is 12.0. The molecule has 1 saturated heterocycles. The molecule has 4 aliphatic carbocycles. The van der Waals surface area contributed by atoms with Gasteiger partial charge >= 0.3 is 0 Å². The molecule has 0 amide bonds. The second kappa shape index (κ2) is 5.83. The van der Waals surface area contributed by atoms with E-state index in [4.69, 9.17) is 0 Å². The Balaban J connectivity index is 1.44. The number of aliphatic hydroxyl groups excluding tert-OH is 1. The van der Waals surface area contributed by atoms with Crippen molar-refractivity contribution in [2.75, 3.05) is 13.1 Å². The summed E-state index contributed by atoms with van der Waals surface area (Å²) in [7, 11) is 0. The van der Waals surface area contributed by atoms with Crippen LogP contribution in [0.3, 0.4) is 0 Å². The van der Waals surface area contributed by atoms with Gasteiger partial charge in [-0.3, -0.25) is 4.90 Å². The van der Waals surface area contributed by atoms with Crippen molar-refractivity contribution in [3.05, 3.63) is 12.2 Å². The number of allylic oxidation sites excluding steroid dienone is 2. The highest BCUT2D eigenvalue weighted by molar-refractivity contribution is 5.14. The van der Waals surface area contributed by atoms with E-state index in [9.17, 15) is 5.11 Å². The van der Waals surface area contributed by atoms with E-state index in [2.05, 4.69) is 30.9 Å².